The van der Waals surface area contributed by atoms with Gasteiger partial charge < -0.3 is 4.74 Å². The molecule has 21 heavy (non-hydrogen) atoms. The Hall–Kier alpha value is -1.52. The van der Waals surface area contributed by atoms with Gasteiger partial charge in [0.25, 0.3) is 0 Å². The quantitative estimate of drug-likeness (QED) is 0.797. The van der Waals surface area contributed by atoms with Crippen LogP contribution in [0, 0.1) is 12.8 Å². The average Bonchev–Trinajstić information content (AvgIpc) is 2.66. The van der Waals surface area contributed by atoms with Gasteiger partial charge in [0.05, 0.1) is 17.4 Å². The molecule has 2 atom stereocenters. The molecule has 1 amide bonds. The van der Waals surface area contributed by atoms with Crippen LogP contribution in [0.2, 0.25) is 0 Å². The fourth-order valence-electron chi connectivity index (χ4n) is 2.92. The van der Waals surface area contributed by atoms with E-state index in [0.29, 0.717) is 5.92 Å². The number of piperidine rings is 1. The molecular weight excluding hydrogens is 266 g/mol. The summed E-state index contributed by atoms with van der Waals surface area (Å²) in [5, 5.41) is 4.41. The summed E-state index contributed by atoms with van der Waals surface area (Å²) in [6, 6.07) is 2.13. The molecule has 1 aliphatic heterocycles. The van der Waals surface area contributed by atoms with E-state index in [-0.39, 0.29) is 12.1 Å². The molecule has 0 N–H and O–H groups in total. The number of carbonyl (C=O) groups is 1. The Balaban J connectivity index is 2.25. The predicted octanol–water partition coefficient (Wildman–Crippen LogP) is 3.44. The molecule has 0 unspecified atom stereocenters. The van der Waals surface area contributed by atoms with Crippen molar-refractivity contribution in [2.24, 2.45) is 13.0 Å². The van der Waals surface area contributed by atoms with Gasteiger partial charge in [0.15, 0.2) is 0 Å². The largest absolute Gasteiger partial charge is 0.444 e. The van der Waals surface area contributed by atoms with Crippen molar-refractivity contribution in [3.05, 3.63) is 17.5 Å². The van der Waals surface area contributed by atoms with E-state index in [4.69, 9.17) is 4.74 Å². The number of aryl methyl sites for hydroxylation is 2. The molecule has 5 nitrogen and oxygen atoms in total. The molecule has 0 spiro atoms. The van der Waals surface area contributed by atoms with Crippen LogP contribution in [0.5, 0.6) is 0 Å². The van der Waals surface area contributed by atoms with E-state index < -0.39 is 5.60 Å². The van der Waals surface area contributed by atoms with E-state index in [1.165, 1.54) is 0 Å². The molecule has 5 heteroatoms. The lowest BCUT2D eigenvalue weighted by atomic mass is 9.92. The van der Waals surface area contributed by atoms with Crippen molar-refractivity contribution in [2.75, 3.05) is 6.54 Å². The van der Waals surface area contributed by atoms with Gasteiger partial charge in [-0.1, -0.05) is 6.92 Å². The third-order valence-electron chi connectivity index (χ3n) is 3.83. The van der Waals surface area contributed by atoms with E-state index in [9.17, 15) is 4.79 Å². The molecule has 1 saturated heterocycles. The Kier molecular flexibility index (Phi) is 4.30. The second-order valence-corrected chi connectivity index (χ2v) is 7.17. The molecule has 1 aromatic rings. The Morgan fingerprint density at radius 2 is 2.05 bits per heavy atom. The predicted molar refractivity (Wildman–Crippen MR) is 82.0 cm³/mol. The lowest BCUT2D eigenvalue weighted by Crippen LogP contribution is -2.44. The molecule has 1 fully saturated rings. The highest BCUT2D eigenvalue weighted by atomic mass is 16.6. The monoisotopic (exact) mass is 293 g/mol. The van der Waals surface area contributed by atoms with Crippen molar-refractivity contribution in [3.8, 4) is 0 Å². The number of nitrogens with zero attached hydrogens (tertiary/aromatic N) is 3. The van der Waals surface area contributed by atoms with Crippen molar-refractivity contribution in [1.82, 2.24) is 14.7 Å². The van der Waals surface area contributed by atoms with Crippen LogP contribution in [0.4, 0.5) is 4.79 Å². The van der Waals surface area contributed by atoms with Crippen molar-refractivity contribution in [2.45, 2.75) is 59.1 Å². The molecule has 0 aliphatic carbocycles. The van der Waals surface area contributed by atoms with E-state index in [2.05, 4.69) is 18.1 Å². The third kappa shape index (κ3) is 3.77. The smallest absolute Gasteiger partial charge is 0.410 e. The molecule has 0 saturated carbocycles. The number of likely N-dealkylation sites (tertiary alicyclic amines) is 1. The SMILES string of the molecule is Cc1cc([C@H]2CC[C@H](C)CN2C(=O)OC(C)(C)C)n(C)n1. The van der Waals surface area contributed by atoms with Crippen LogP contribution in [0.25, 0.3) is 0 Å². The molecule has 2 rings (SSSR count). The molecule has 0 aromatic carbocycles. The maximum Gasteiger partial charge on any atom is 0.410 e. The lowest BCUT2D eigenvalue weighted by Gasteiger charge is -2.39. The minimum Gasteiger partial charge on any atom is -0.444 e. The summed E-state index contributed by atoms with van der Waals surface area (Å²) in [6.07, 6.45) is 1.85. The topological polar surface area (TPSA) is 47.4 Å². The number of amides is 1. The minimum atomic E-state index is -0.468. The van der Waals surface area contributed by atoms with Crippen molar-refractivity contribution >= 4 is 6.09 Å². The van der Waals surface area contributed by atoms with Gasteiger partial charge in [0.2, 0.25) is 0 Å². The van der Waals surface area contributed by atoms with Crippen molar-refractivity contribution < 1.29 is 9.53 Å². The first-order chi connectivity index (χ1) is 9.67. The van der Waals surface area contributed by atoms with Gasteiger partial charge in [0, 0.05) is 13.6 Å². The Bertz CT molecular complexity index is 516. The van der Waals surface area contributed by atoms with Gasteiger partial charge in [-0.2, -0.15) is 5.10 Å². The summed E-state index contributed by atoms with van der Waals surface area (Å²) >= 11 is 0. The molecule has 1 aromatic heterocycles. The van der Waals surface area contributed by atoms with Gasteiger partial charge in [-0.15, -0.1) is 0 Å². The first-order valence-electron chi connectivity index (χ1n) is 7.67. The fraction of sp³-hybridized carbons (Fsp3) is 0.750. The summed E-state index contributed by atoms with van der Waals surface area (Å²) < 4.78 is 7.46. The van der Waals surface area contributed by atoms with Crippen LogP contribution < -0.4 is 0 Å². The molecule has 0 radical (unpaired) electrons. The zero-order valence-electron chi connectivity index (χ0n) is 14.0. The van der Waals surface area contributed by atoms with Crippen LogP contribution in [0.3, 0.4) is 0 Å². The molecule has 118 valence electrons. The highest BCUT2D eigenvalue weighted by Gasteiger charge is 2.35. The number of hydrogen-bond acceptors (Lipinski definition) is 3. The van der Waals surface area contributed by atoms with Crippen LogP contribution in [-0.4, -0.2) is 32.9 Å². The number of aromatic nitrogens is 2. The standard InChI is InChI=1S/C16H27N3O2/c1-11-7-8-13(14-9-12(2)17-18(14)6)19(10-11)15(20)21-16(3,4)5/h9,11,13H,7-8,10H2,1-6H3/t11-,13+/m0/s1. The number of rotatable bonds is 1. The second kappa shape index (κ2) is 5.70. The Labute approximate surface area is 127 Å². The van der Waals surface area contributed by atoms with Gasteiger partial charge in [-0.3, -0.25) is 9.58 Å². The van der Waals surface area contributed by atoms with Gasteiger partial charge in [0.1, 0.15) is 5.60 Å². The number of ether oxygens (including phenoxy) is 1. The summed E-state index contributed by atoms with van der Waals surface area (Å²) in [6.45, 7) is 10.6. The van der Waals surface area contributed by atoms with Gasteiger partial charge in [-0.05, 0) is 52.5 Å². The summed E-state index contributed by atoms with van der Waals surface area (Å²) in [4.78, 5) is 14.4. The Morgan fingerprint density at radius 1 is 1.38 bits per heavy atom. The summed E-state index contributed by atoms with van der Waals surface area (Å²) in [7, 11) is 1.94. The van der Waals surface area contributed by atoms with Gasteiger partial charge in [-0.25, -0.2) is 4.79 Å². The normalized spacial score (nSPS) is 23.2. The van der Waals surface area contributed by atoms with Gasteiger partial charge >= 0.3 is 6.09 Å². The molecular formula is C16H27N3O2. The maximum atomic E-state index is 12.5. The van der Waals surface area contributed by atoms with E-state index in [1.807, 2.05) is 44.3 Å². The fourth-order valence-corrected chi connectivity index (χ4v) is 2.92. The van der Waals surface area contributed by atoms with Crippen LogP contribution in [0.1, 0.15) is 58.0 Å². The van der Waals surface area contributed by atoms with Crippen LogP contribution in [0.15, 0.2) is 6.07 Å². The Morgan fingerprint density at radius 3 is 2.57 bits per heavy atom. The molecule has 2 heterocycles. The van der Waals surface area contributed by atoms with Crippen LogP contribution >= 0.6 is 0 Å². The van der Waals surface area contributed by atoms with Crippen molar-refractivity contribution in [1.29, 1.82) is 0 Å². The van der Waals surface area contributed by atoms with Crippen LogP contribution in [-0.2, 0) is 11.8 Å². The summed E-state index contributed by atoms with van der Waals surface area (Å²) in [5.41, 5.74) is 1.60. The number of hydrogen-bond donors (Lipinski definition) is 0. The van der Waals surface area contributed by atoms with E-state index >= 15 is 0 Å². The highest BCUT2D eigenvalue weighted by molar-refractivity contribution is 5.69. The zero-order chi connectivity index (χ0) is 15.8. The molecule has 1 aliphatic rings. The first-order valence-corrected chi connectivity index (χ1v) is 7.67. The summed E-state index contributed by atoms with van der Waals surface area (Å²) in [5.74, 6) is 0.503. The maximum absolute atomic E-state index is 12.5. The zero-order valence-corrected chi connectivity index (χ0v) is 14.0. The first kappa shape index (κ1) is 15.9. The molecule has 0 bridgehead atoms. The van der Waals surface area contributed by atoms with E-state index in [1.54, 1.807) is 0 Å². The average molecular weight is 293 g/mol. The third-order valence-corrected chi connectivity index (χ3v) is 3.83. The van der Waals surface area contributed by atoms with E-state index in [0.717, 1.165) is 30.8 Å². The highest BCUT2D eigenvalue weighted by Crippen LogP contribution is 2.34. The van der Waals surface area contributed by atoms with Crippen molar-refractivity contribution in [3.63, 3.8) is 0 Å². The second-order valence-electron chi connectivity index (χ2n) is 7.17. The minimum absolute atomic E-state index is 0.0576. The lowest BCUT2D eigenvalue weighted by molar-refractivity contribution is 0.00260. The number of carbonyl (C=O) groups excluding carboxylic acids is 1.